The lowest BCUT2D eigenvalue weighted by molar-refractivity contribution is -0.142. The number of carboxylic acids is 1. The highest BCUT2D eigenvalue weighted by atomic mass is 16.6. The van der Waals surface area contributed by atoms with Crippen molar-refractivity contribution >= 4 is 17.7 Å². The summed E-state index contributed by atoms with van der Waals surface area (Å²) in [6.45, 7) is 7.54. The first-order valence-electron chi connectivity index (χ1n) is 10.6. The number of carboxylic acid groups (broad SMARTS) is 1. The highest BCUT2D eigenvalue weighted by molar-refractivity contribution is 5.96. The van der Waals surface area contributed by atoms with Crippen LogP contribution in [0.3, 0.4) is 0 Å². The van der Waals surface area contributed by atoms with Crippen LogP contribution >= 0.6 is 0 Å². The van der Waals surface area contributed by atoms with Crippen LogP contribution < -0.4 is 0 Å². The second-order valence-corrected chi connectivity index (χ2v) is 8.26. The standard InChI is InChI=1S/C24H33NO5/c1-16(2)21-11-9-7-5-6-8-10-20(25-29-15-22(26)27)14-19-13-17(3)12-18(4)23(19)24(28)30-21/h7,9,12-13,16,21H,5-6,8,10-11,14-15H2,1-4H3,(H,26,27)/b9-7+,25-20?/t21-/m0/s1. The van der Waals surface area contributed by atoms with E-state index in [2.05, 4.69) is 31.2 Å². The molecule has 1 aliphatic rings. The number of fused-ring (bicyclic) bond motifs is 1. The molecule has 0 spiro atoms. The summed E-state index contributed by atoms with van der Waals surface area (Å²) in [5.74, 6) is -1.18. The lowest BCUT2D eigenvalue weighted by Gasteiger charge is -2.22. The summed E-state index contributed by atoms with van der Waals surface area (Å²) in [6.07, 6.45) is 8.72. The number of nitrogens with zero attached hydrogens (tertiary/aromatic N) is 1. The molecule has 0 fully saturated rings. The Morgan fingerprint density at radius 2 is 2.03 bits per heavy atom. The molecule has 0 unspecified atom stereocenters. The number of oxime groups is 1. The van der Waals surface area contributed by atoms with Gasteiger partial charge in [0.25, 0.3) is 0 Å². The zero-order valence-electron chi connectivity index (χ0n) is 18.4. The minimum absolute atomic E-state index is 0.183. The Labute approximate surface area is 178 Å². The first-order chi connectivity index (χ1) is 14.3. The van der Waals surface area contributed by atoms with E-state index in [0.717, 1.165) is 41.7 Å². The highest BCUT2D eigenvalue weighted by Crippen LogP contribution is 2.23. The Balaban J connectivity index is 2.41. The molecule has 1 N–H and O–H groups in total. The number of rotatable bonds is 4. The molecule has 0 saturated heterocycles. The molecule has 0 amide bonds. The zero-order chi connectivity index (χ0) is 22.1. The maximum atomic E-state index is 13.1. The summed E-state index contributed by atoms with van der Waals surface area (Å²) in [6, 6.07) is 3.96. The number of aryl methyl sites for hydroxylation is 2. The minimum atomic E-state index is -1.07. The van der Waals surface area contributed by atoms with E-state index in [9.17, 15) is 9.59 Å². The van der Waals surface area contributed by atoms with Crippen LogP contribution in [0.4, 0.5) is 0 Å². The second-order valence-electron chi connectivity index (χ2n) is 8.26. The summed E-state index contributed by atoms with van der Waals surface area (Å²) in [5.41, 5.74) is 4.06. The van der Waals surface area contributed by atoms with Gasteiger partial charge in [0.15, 0.2) is 0 Å². The molecule has 1 aromatic rings. The maximum absolute atomic E-state index is 13.1. The van der Waals surface area contributed by atoms with Gasteiger partial charge < -0.3 is 14.7 Å². The first-order valence-corrected chi connectivity index (χ1v) is 10.6. The third kappa shape index (κ3) is 7.32. The monoisotopic (exact) mass is 415 g/mol. The van der Waals surface area contributed by atoms with Crippen LogP contribution in [0.1, 0.15) is 73.0 Å². The molecule has 0 aromatic heterocycles. The Morgan fingerprint density at radius 1 is 1.27 bits per heavy atom. The van der Waals surface area contributed by atoms with Gasteiger partial charge >= 0.3 is 11.9 Å². The van der Waals surface area contributed by atoms with Gasteiger partial charge in [-0.2, -0.15) is 0 Å². The van der Waals surface area contributed by atoms with Gasteiger partial charge in [-0.15, -0.1) is 0 Å². The fourth-order valence-corrected chi connectivity index (χ4v) is 3.64. The van der Waals surface area contributed by atoms with E-state index in [4.69, 9.17) is 14.7 Å². The van der Waals surface area contributed by atoms with E-state index in [-0.39, 0.29) is 18.0 Å². The van der Waals surface area contributed by atoms with Crippen LogP contribution in [0.5, 0.6) is 0 Å². The largest absolute Gasteiger partial charge is 0.479 e. The normalized spacial score (nSPS) is 20.9. The van der Waals surface area contributed by atoms with E-state index >= 15 is 0 Å². The van der Waals surface area contributed by atoms with Gasteiger partial charge in [0.1, 0.15) is 6.10 Å². The van der Waals surface area contributed by atoms with Crippen molar-refractivity contribution < 1.29 is 24.3 Å². The number of allylic oxidation sites excluding steroid dienone is 1. The quantitative estimate of drug-likeness (QED) is 0.425. The predicted octanol–water partition coefficient (Wildman–Crippen LogP) is 5.00. The highest BCUT2D eigenvalue weighted by Gasteiger charge is 2.23. The first kappa shape index (κ1) is 23.6. The van der Waals surface area contributed by atoms with Gasteiger partial charge in [0, 0.05) is 12.8 Å². The Kier molecular flexibility index (Phi) is 9.09. The Morgan fingerprint density at radius 3 is 2.73 bits per heavy atom. The smallest absolute Gasteiger partial charge is 0.344 e. The number of hydrogen-bond acceptors (Lipinski definition) is 5. The van der Waals surface area contributed by atoms with E-state index in [1.165, 1.54) is 0 Å². The molecule has 0 radical (unpaired) electrons. The lowest BCUT2D eigenvalue weighted by Crippen LogP contribution is -2.25. The molecule has 0 bridgehead atoms. The van der Waals surface area contributed by atoms with Crippen LogP contribution in [0.25, 0.3) is 0 Å². The number of hydrogen-bond donors (Lipinski definition) is 1. The van der Waals surface area contributed by atoms with Gasteiger partial charge in [0.05, 0.1) is 11.3 Å². The second kappa shape index (κ2) is 11.5. The molecule has 1 heterocycles. The summed E-state index contributed by atoms with van der Waals surface area (Å²) in [5, 5.41) is 12.9. The lowest BCUT2D eigenvalue weighted by atomic mass is 9.93. The van der Waals surface area contributed by atoms with Gasteiger partial charge in [-0.1, -0.05) is 48.9 Å². The number of benzene rings is 1. The van der Waals surface area contributed by atoms with Crippen molar-refractivity contribution in [2.75, 3.05) is 6.61 Å². The van der Waals surface area contributed by atoms with Crippen molar-refractivity contribution in [3.63, 3.8) is 0 Å². The fraction of sp³-hybridized carbons (Fsp3) is 0.542. The third-order valence-corrected chi connectivity index (χ3v) is 5.17. The summed E-state index contributed by atoms with van der Waals surface area (Å²) in [4.78, 5) is 28.9. The van der Waals surface area contributed by atoms with Crippen molar-refractivity contribution in [2.45, 2.75) is 72.3 Å². The van der Waals surface area contributed by atoms with Crippen LogP contribution in [0, 0.1) is 19.8 Å². The Hall–Kier alpha value is -2.63. The molecule has 164 valence electrons. The van der Waals surface area contributed by atoms with Crippen molar-refractivity contribution in [3.8, 4) is 0 Å². The Bertz CT molecular complexity index is 810. The van der Waals surface area contributed by atoms with Crippen LogP contribution in [0.2, 0.25) is 0 Å². The van der Waals surface area contributed by atoms with E-state index in [1.54, 1.807) is 0 Å². The number of cyclic esters (lactones) is 1. The maximum Gasteiger partial charge on any atom is 0.344 e. The molecule has 6 heteroatoms. The topological polar surface area (TPSA) is 85.2 Å². The average molecular weight is 416 g/mol. The summed E-state index contributed by atoms with van der Waals surface area (Å²) >= 11 is 0. The van der Waals surface area contributed by atoms with Crippen molar-refractivity contribution in [1.82, 2.24) is 0 Å². The van der Waals surface area contributed by atoms with E-state index in [0.29, 0.717) is 24.8 Å². The molecule has 2 rings (SSSR count). The van der Waals surface area contributed by atoms with Gasteiger partial charge in [0.2, 0.25) is 6.61 Å². The van der Waals surface area contributed by atoms with E-state index < -0.39 is 12.6 Å². The summed E-state index contributed by atoms with van der Waals surface area (Å²) < 4.78 is 5.91. The summed E-state index contributed by atoms with van der Waals surface area (Å²) in [7, 11) is 0. The molecule has 6 nitrogen and oxygen atoms in total. The fourth-order valence-electron chi connectivity index (χ4n) is 3.64. The zero-order valence-corrected chi connectivity index (χ0v) is 18.4. The number of ether oxygens (including phenoxy) is 1. The SMILES string of the molecule is Cc1cc(C)c2c(c1)CC(=NOCC(=O)O)CCCC/C=C/C[C@@H](C(C)C)OC2=O. The molecule has 1 aliphatic heterocycles. The van der Waals surface area contributed by atoms with Crippen LogP contribution in [0.15, 0.2) is 29.4 Å². The number of aliphatic carboxylic acids is 1. The van der Waals surface area contributed by atoms with Crippen molar-refractivity contribution in [1.29, 1.82) is 0 Å². The van der Waals surface area contributed by atoms with Crippen molar-refractivity contribution in [2.24, 2.45) is 11.1 Å². The minimum Gasteiger partial charge on any atom is -0.479 e. The number of carbonyl (C=O) groups is 2. The average Bonchev–Trinajstić information content (AvgIpc) is 2.64. The molecular formula is C24H33NO5. The van der Waals surface area contributed by atoms with Crippen LogP contribution in [-0.4, -0.2) is 35.5 Å². The number of esters is 1. The van der Waals surface area contributed by atoms with Crippen LogP contribution in [-0.2, 0) is 20.8 Å². The molecule has 1 atom stereocenters. The van der Waals surface area contributed by atoms with Gasteiger partial charge in [-0.3, -0.25) is 0 Å². The van der Waals surface area contributed by atoms with Gasteiger partial charge in [-0.25, -0.2) is 9.59 Å². The molecule has 0 aliphatic carbocycles. The van der Waals surface area contributed by atoms with E-state index in [1.807, 2.05) is 26.0 Å². The third-order valence-electron chi connectivity index (χ3n) is 5.17. The number of carbonyl (C=O) groups excluding carboxylic acids is 1. The molecule has 30 heavy (non-hydrogen) atoms. The molecular weight excluding hydrogens is 382 g/mol. The van der Waals surface area contributed by atoms with Crippen molar-refractivity contribution in [3.05, 3.63) is 46.5 Å². The molecule has 0 saturated carbocycles. The van der Waals surface area contributed by atoms with Gasteiger partial charge in [-0.05, 0) is 56.6 Å². The molecule has 1 aromatic carbocycles. The predicted molar refractivity (Wildman–Crippen MR) is 117 cm³/mol.